The van der Waals surface area contributed by atoms with Crippen LogP contribution in [0.1, 0.15) is 5.56 Å². The number of nitrogens with zero attached hydrogens (tertiary/aromatic N) is 2. The number of halogens is 1. The van der Waals surface area contributed by atoms with Crippen LogP contribution in [0.15, 0.2) is 54.6 Å². The van der Waals surface area contributed by atoms with Gasteiger partial charge in [0.25, 0.3) is 5.91 Å². The third-order valence-electron chi connectivity index (χ3n) is 3.89. The topological polar surface area (TPSA) is 47.6 Å². The molecule has 2 aromatic carbocycles. The van der Waals surface area contributed by atoms with Crippen molar-refractivity contribution < 1.29 is 9.18 Å². The first-order chi connectivity index (χ1) is 12.6. The van der Waals surface area contributed by atoms with Crippen molar-refractivity contribution in [3.63, 3.8) is 0 Å². The quantitative estimate of drug-likeness (QED) is 0.521. The van der Waals surface area contributed by atoms with Crippen LogP contribution in [-0.2, 0) is 11.3 Å². The molecule has 1 amide bonds. The number of hydrogen-bond acceptors (Lipinski definition) is 6. The Hall–Kier alpha value is -1.74. The van der Waals surface area contributed by atoms with E-state index < -0.39 is 0 Å². The molecule has 1 unspecified atom stereocenters. The van der Waals surface area contributed by atoms with Crippen LogP contribution >= 0.6 is 24.4 Å². The largest absolute Gasteiger partial charge is 0.299 e. The maximum Gasteiger partial charge on any atom is 0.252 e. The number of hydrogen-bond donors (Lipinski definition) is 3. The predicted octanol–water partition coefficient (Wildman–Crippen LogP) is 2.95. The molecule has 26 heavy (non-hydrogen) atoms. The Bertz CT molecular complexity index is 717. The molecule has 8 heteroatoms. The van der Waals surface area contributed by atoms with Crippen LogP contribution in [0.3, 0.4) is 0 Å². The lowest BCUT2D eigenvalue weighted by Gasteiger charge is -2.38. The van der Waals surface area contributed by atoms with Gasteiger partial charge < -0.3 is 0 Å². The van der Waals surface area contributed by atoms with Gasteiger partial charge in [-0.1, -0.05) is 30.3 Å². The van der Waals surface area contributed by atoms with Crippen molar-refractivity contribution in [3.8, 4) is 0 Å². The molecule has 5 nitrogen and oxygen atoms in total. The average Bonchev–Trinajstić information content (AvgIpc) is 2.65. The number of carbonyl (C=O) groups excluding carboxylic acids is 1. The minimum absolute atomic E-state index is 0.104. The number of benzene rings is 2. The number of rotatable bonds is 6. The molecule has 1 aliphatic rings. The van der Waals surface area contributed by atoms with Crippen LogP contribution in [-0.4, -0.2) is 39.5 Å². The van der Waals surface area contributed by atoms with E-state index in [9.17, 15) is 9.18 Å². The minimum Gasteiger partial charge on any atom is -0.299 e. The Morgan fingerprint density at radius 1 is 1.19 bits per heavy atom. The van der Waals surface area contributed by atoms with Gasteiger partial charge >= 0.3 is 0 Å². The second-order valence-electron chi connectivity index (χ2n) is 6.00. The lowest BCUT2D eigenvalue weighted by atomic mass is 10.2. The van der Waals surface area contributed by atoms with E-state index in [-0.39, 0.29) is 23.0 Å². The molecular formula is C18H21FN4OS2. The van der Waals surface area contributed by atoms with Gasteiger partial charge in [0.2, 0.25) is 0 Å². The SMILES string of the molecule is O=C(CN1CSC(S)N(Cc2ccccc2)C1)NNc1ccc(F)cc1. The number of carbonyl (C=O) groups is 1. The van der Waals surface area contributed by atoms with Crippen LogP contribution in [0.4, 0.5) is 10.1 Å². The number of amides is 1. The van der Waals surface area contributed by atoms with Gasteiger partial charge in [0, 0.05) is 12.4 Å². The van der Waals surface area contributed by atoms with Gasteiger partial charge in [-0.2, -0.15) is 0 Å². The molecular weight excluding hydrogens is 371 g/mol. The molecule has 0 bridgehead atoms. The molecule has 138 valence electrons. The molecule has 0 radical (unpaired) electrons. The van der Waals surface area contributed by atoms with Crippen molar-refractivity contribution in [2.45, 2.75) is 11.3 Å². The molecule has 3 rings (SSSR count). The van der Waals surface area contributed by atoms with Crippen LogP contribution in [0.5, 0.6) is 0 Å². The predicted molar refractivity (Wildman–Crippen MR) is 107 cm³/mol. The molecule has 1 fully saturated rings. The maximum absolute atomic E-state index is 12.9. The van der Waals surface area contributed by atoms with E-state index >= 15 is 0 Å². The van der Waals surface area contributed by atoms with Gasteiger partial charge in [-0.05, 0) is 29.8 Å². The van der Waals surface area contributed by atoms with E-state index in [2.05, 4.69) is 45.4 Å². The molecule has 2 aromatic rings. The Kier molecular flexibility index (Phi) is 6.79. The molecule has 1 heterocycles. The van der Waals surface area contributed by atoms with E-state index in [0.29, 0.717) is 12.4 Å². The summed E-state index contributed by atoms with van der Waals surface area (Å²) in [6, 6.07) is 16.0. The van der Waals surface area contributed by atoms with E-state index in [0.717, 1.165) is 12.4 Å². The molecule has 1 saturated heterocycles. The molecule has 2 N–H and O–H groups in total. The zero-order valence-electron chi connectivity index (χ0n) is 14.1. The van der Waals surface area contributed by atoms with Crippen LogP contribution < -0.4 is 10.9 Å². The lowest BCUT2D eigenvalue weighted by Crippen LogP contribution is -2.49. The van der Waals surface area contributed by atoms with Gasteiger partial charge in [-0.15, -0.1) is 24.4 Å². The van der Waals surface area contributed by atoms with Gasteiger partial charge in [0.1, 0.15) is 10.5 Å². The zero-order valence-corrected chi connectivity index (χ0v) is 15.8. The normalized spacial score (nSPS) is 18.5. The van der Waals surface area contributed by atoms with Crippen molar-refractivity contribution in [3.05, 3.63) is 66.0 Å². The van der Waals surface area contributed by atoms with Gasteiger partial charge in [0.15, 0.2) is 0 Å². The highest BCUT2D eigenvalue weighted by atomic mass is 32.2. The average molecular weight is 393 g/mol. The number of hydrazine groups is 1. The molecule has 1 aliphatic heterocycles. The fraction of sp³-hybridized carbons (Fsp3) is 0.278. The summed E-state index contributed by atoms with van der Waals surface area (Å²) in [4.78, 5) is 16.4. The molecule has 0 aliphatic carbocycles. The molecule has 1 atom stereocenters. The Balaban J connectivity index is 1.47. The summed E-state index contributed by atoms with van der Waals surface area (Å²) in [5.74, 6) is 0.280. The van der Waals surface area contributed by atoms with Crippen LogP contribution in [0.25, 0.3) is 0 Å². The van der Waals surface area contributed by atoms with Crippen molar-refractivity contribution in [2.75, 3.05) is 24.5 Å². The summed E-state index contributed by atoms with van der Waals surface area (Å²) in [5.41, 5.74) is 7.29. The van der Waals surface area contributed by atoms with E-state index in [4.69, 9.17) is 0 Å². The van der Waals surface area contributed by atoms with Crippen molar-refractivity contribution in [2.24, 2.45) is 0 Å². The summed E-state index contributed by atoms with van der Waals surface area (Å²) < 4.78 is 13.0. The summed E-state index contributed by atoms with van der Waals surface area (Å²) >= 11 is 6.32. The fourth-order valence-corrected chi connectivity index (χ4v) is 3.83. The first kappa shape index (κ1) is 19.0. The van der Waals surface area contributed by atoms with Gasteiger partial charge in [-0.25, -0.2) is 4.39 Å². The Morgan fingerprint density at radius 3 is 2.65 bits per heavy atom. The number of nitrogens with one attached hydrogen (secondary N) is 2. The Labute approximate surface area is 162 Å². The van der Waals surface area contributed by atoms with Gasteiger partial charge in [0.05, 0.1) is 18.9 Å². The second kappa shape index (κ2) is 9.27. The standard InChI is InChI=1S/C18H21FN4OS2/c19-15-6-8-16(9-7-15)20-21-17(24)11-22-12-23(18(25)26-13-22)10-14-4-2-1-3-5-14/h1-9,18,20,25H,10-13H2,(H,21,24). The van der Waals surface area contributed by atoms with Gasteiger partial charge in [-0.3, -0.25) is 25.4 Å². The molecule has 0 aromatic heterocycles. The number of thiol groups is 1. The van der Waals surface area contributed by atoms with E-state index in [1.165, 1.54) is 17.7 Å². The van der Waals surface area contributed by atoms with Crippen LogP contribution in [0.2, 0.25) is 0 Å². The molecule has 0 saturated carbocycles. The number of anilines is 1. The smallest absolute Gasteiger partial charge is 0.252 e. The Morgan fingerprint density at radius 2 is 1.92 bits per heavy atom. The third-order valence-corrected chi connectivity index (χ3v) is 5.77. The highest BCUT2D eigenvalue weighted by Gasteiger charge is 2.26. The van der Waals surface area contributed by atoms with Crippen molar-refractivity contribution in [1.82, 2.24) is 15.2 Å². The highest BCUT2D eigenvalue weighted by molar-refractivity contribution is 8.10. The van der Waals surface area contributed by atoms with E-state index in [1.807, 2.05) is 18.2 Å². The fourth-order valence-electron chi connectivity index (χ4n) is 2.60. The highest BCUT2D eigenvalue weighted by Crippen LogP contribution is 2.27. The van der Waals surface area contributed by atoms with Crippen molar-refractivity contribution in [1.29, 1.82) is 0 Å². The maximum atomic E-state index is 12.9. The molecule has 0 spiro atoms. The summed E-state index contributed by atoms with van der Waals surface area (Å²) in [5, 5.41) is 0. The van der Waals surface area contributed by atoms with Crippen LogP contribution in [0, 0.1) is 5.82 Å². The van der Waals surface area contributed by atoms with Crippen molar-refractivity contribution >= 4 is 36.0 Å². The minimum atomic E-state index is -0.313. The summed E-state index contributed by atoms with van der Waals surface area (Å²) in [7, 11) is 0. The monoisotopic (exact) mass is 392 g/mol. The number of thioether (sulfide) groups is 1. The third kappa shape index (κ3) is 5.63. The summed E-state index contributed by atoms with van der Waals surface area (Å²) in [6.45, 7) is 1.72. The second-order valence-corrected chi connectivity index (χ2v) is 7.88. The van der Waals surface area contributed by atoms with E-state index in [1.54, 1.807) is 23.9 Å². The first-order valence-corrected chi connectivity index (χ1v) is 9.77. The summed E-state index contributed by atoms with van der Waals surface area (Å²) in [6.07, 6.45) is 0. The first-order valence-electron chi connectivity index (χ1n) is 8.20. The lowest BCUT2D eigenvalue weighted by molar-refractivity contribution is -0.122. The zero-order chi connectivity index (χ0) is 18.4.